The Bertz CT molecular complexity index is 532. The molecule has 0 aliphatic heterocycles. The third-order valence-electron chi connectivity index (χ3n) is 3.15. The van der Waals surface area contributed by atoms with Crippen LogP contribution >= 0.6 is 0 Å². The molecule has 0 spiro atoms. The molecule has 96 valence electrons. The molecule has 2 aromatic carbocycles. The molecule has 0 aliphatic rings. The normalized spacial score (nSPS) is 10.8. The molecule has 2 nitrogen and oxygen atoms in total. The van der Waals surface area contributed by atoms with Gasteiger partial charge >= 0.3 is 0 Å². The van der Waals surface area contributed by atoms with Gasteiger partial charge in [-0.25, -0.2) is 0 Å². The number of hydrogen-bond donors (Lipinski definition) is 1. The van der Waals surface area contributed by atoms with E-state index in [1.807, 2.05) is 31.2 Å². The van der Waals surface area contributed by atoms with Crippen molar-refractivity contribution in [1.29, 1.82) is 0 Å². The number of benzene rings is 2. The van der Waals surface area contributed by atoms with Crippen molar-refractivity contribution in [3.63, 3.8) is 0 Å². The van der Waals surface area contributed by atoms with Crippen LogP contribution in [0.15, 0.2) is 30.3 Å². The van der Waals surface area contributed by atoms with Gasteiger partial charge in [0.15, 0.2) is 0 Å². The summed E-state index contributed by atoms with van der Waals surface area (Å²) in [6, 6.07) is 9.59. The number of phenolic OH excluding ortho intramolecular Hbond substituents is 1. The summed E-state index contributed by atoms with van der Waals surface area (Å²) in [6.07, 6.45) is 3.46. The second kappa shape index (κ2) is 5.76. The highest BCUT2D eigenvalue weighted by atomic mass is 16.5. The van der Waals surface area contributed by atoms with Gasteiger partial charge in [0.25, 0.3) is 0 Å². The standard InChI is InChI=1S/C16H20O2/c1-3-4-7-10-18-16-12(2)11-15(17)13-8-5-6-9-14(13)16/h5-6,8-9,11,17H,3-4,7,10H2,1-2H3. The minimum absolute atomic E-state index is 0.323. The molecule has 0 amide bonds. The van der Waals surface area contributed by atoms with Gasteiger partial charge in [-0.05, 0) is 25.0 Å². The van der Waals surface area contributed by atoms with Crippen LogP contribution in [0.3, 0.4) is 0 Å². The lowest BCUT2D eigenvalue weighted by atomic mass is 10.0. The number of ether oxygens (including phenoxy) is 1. The van der Waals surface area contributed by atoms with Gasteiger partial charge in [-0.3, -0.25) is 0 Å². The Kier molecular flexibility index (Phi) is 4.08. The third kappa shape index (κ3) is 2.58. The van der Waals surface area contributed by atoms with Crippen molar-refractivity contribution in [2.75, 3.05) is 6.61 Å². The molecule has 0 saturated heterocycles. The second-order valence-electron chi connectivity index (χ2n) is 4.64. The lowest BCUT2D eigenvalue weighted by Gasteiger charge is -2.13. The van der Waals surface area contributed by atoms with Crippen LogP contribution in [0.25, 0.3) is 10.8 Å². The van der Waals surface area contributed by atoms with Gasteiger partial charge < -0.3 is 9.84 Å². The first-order valence-corrected chi connectivity index (χ1v) is 6.58. The monoisotopic (exact) mass is 244 g/mol. The van der Waals surface area contributed by atoms with Crippen LogP contribution in [-0.2, 0) is 0 Å². The minimum atomic E-state index is 0.323. The summed E-state index contributed by atoms with van der Waals surface area (Å²) in [5.41, 5.74) is 0.989. The van der Waals surface area contributed by atoms with Crippen molar-refractivity contribution in [3.05, 3.63) is 35.9 Å². The Balaban J connectivity index is 2.31. The summed E-state index contributed by atoms with van der Waals surface area (Å²) in [7, 11) is 0. The molecular weight excluding hydrogens is 224 g/mol. The smallest absolute Gasteiger partial charge is 0.130 e. The van der Waals surface area contributed by atoms with E-state index >= 15 is 0 Å². The van der Waals surface area contributed by atoms with Gasteiger partial charge in [-0.2, -0.15) is 0 Å². The first-order chi connectivity index (χ1) is 8.74. The largest absolute Gasteiger partial charge is 0.507 e. The molecule has 2 rings (SSSR count). The fraction of sp³-hybridized carbons (Fsp3) is 0.375. The highest BCUT2D eigenvalue weighted by Gasteiger charge is 2.09. The van der Waals surface area contributed by atoms with Crippen LogP contribution in [0, 0.1) is 6.92 Å². The average Bonchev–Trinajstić information content (AvgIpc) is 2.38. The fourth-order valence-electron chi connectivity index (χ4n) is 2.18. The zero-order valence-electron chi connectivity index (χ0n) is 11.1. The number of unbranched alkanes of at least 4 members (excludes halogenated alkanes) is 2. The summed E-state index contributed by atoms with van der Waals surface area (Å²) >= 11 is 0. The minimum Gasteiger partial charge on any atom is -0.507 e. The maximum atomic E-state index is 9.93. The van der Waals surface area contributed by atoms with E-state index in [1.54, 1.807) is 6.07 Å². The number of phenols is 1. The molecule has 18 heavy (non-hydrogen) atoms. The molecule has 0 fully saturated rings. The summed E-state index contributed by atoms with van der Waals surface area (Å²) in [5, 5.41) is 11.8. The van der Waals surface area contributed by atoms with E-state index in [-0.39, 0.29) is 0 Å². The zero-order chi connectivity index (χ0) is 13.0. The second-order valence-corrected chi connectivity index (χ2v) is 4.64. The molecule has 1 N–H and O–H groups in total. The van der Waals surface area contributed by atoms with E-state index in [9.17, 15) is 5.11 Å². The predicted molar refractivity (Wildman–Crippen MR) is 75.4 cm³/mol. The predicted octanol–water partition coefficient (Wildman–Crippen LogP) is 4.42. The van der Waals surface area contributed by atoms with Crippen LogP contribution in [0.2, 0.25) is 0 Å². The first-order valence-electron chi connectivity index (χ1n) is 6.58. The molecule has 2 aromatic rings. The van der Waals surface area contributed by atoms with Crippen LogP contribution in [0.5, 0.6) is 11.5 Å². The van der Waals surface area contributed by atoms with Crippen molar-refractivity contribution < 1.29 is 9.84 Å². The Labute approximate surface area is 108 Å². The highest BCUT2D eigenvalue weighted by Crippen LogP contribution is 2.35. The van der Waals surface area contributed by atoms with Gasteiger partial charge in [0.1, 0.15) is 11.5 Å². The SMILES string of the molecule is CCCCCOc1c(C)cc(O)c2ccccc12. The molecule has 0 heterocycles. The molecule has 0 bridgehead atoms. The maximum Gasteiger partial charge on any atom is 0.130 e. The molecule has 0 radical (unpaired) electrons. The number of hydrogen-bond acceptors (Lipinski definition) is 2. The molecule has 0 aromatic heterocycles. The Morgan fingerprint density at radius 1 is 1.11 bits per heavy atom. The van der Waals surface area contributed by atoms with E-state index in [4.69, 9.17) is 4.74 Å². The highest BCUT2D eigenvalue weighted by molar-refractivity contribution is 5.94. The summed E-state index contributed by atoms with van der Waals surface area (Å²) in [6.45, 7) is 4.89. The Morgan fingerprint density at radius 2 is 1.83 bits per heavy atom. The van der Waals surface area contributed by atoms with Crippen LogP contribution in [0.1, 0.15) is 31.7 Å². The number of fused-ring (bicyclic) bond motifs is 1. The average molecular weight is 244 g/mol. The van der Waals surface area contributed by atoms with Gasteiger partial charge in [0.2, 0.25) is 0 Å². The summed E-state index contributed by atoms with van der Waals surface area (Å²) in [4.78, 5) is 0. The van der Waals surface area contributed by atoms with Crippen molar-refractivity contribution in [3.8, 4) is 11.5 Å². The van der Waals surface area contributed by atoms with Gasteiger partial charge in [-0.15, -0.1) is 0 Å². The van der Waals surface area contributed by atoms with E-state index in [0.29, 0.717) is 5.75 Å². The lowest BCUT2D eigenvalue weighted by Crippen LogP contribution is -1.99. The maximum absolute atomic E-state index is 9.93. The molecule has 0 atom stereocenters. The van der Waals surface area contributed by atoms with Crippen molar-refractivity contribution in [2.24, 2.45) is 0 Å². The van der Waals surface area contributed by atoms with Crippen molar-refractivity contribution >= 4 is 10.8 Å². The number of aryl methyl sites for hydroxylation is 1. The van der Waals surface area contributed by atoms with Crippen molar-refractivity contribution in [2.45, 2.75) is 33.1 Å². The number of aromatic hydroxyl groups is 1. The van der Waals surface area contributed by atoms with E-state index in [0.717, 1.165) is 35.1 Å². The van der Waals surface area contributed by atoms with Gasteiger partial charge in [0.05, 0.1) is 6.61 Å². The van der Waals surface area contributed by atoms with Crippen LogP contribution in [0.4, 0.5) is 0 Å². The third-order valence-corrected chi connectivity index (χ3v) is 3.15. The van der Waals surface area contributed by atoms with Gasteiger partial charge in [0, 0.05) is 10.8 Å². The molecule has 0 aliphatic carbocycles. The molecule has 2 heteroatoms. The summed E-state index contributed by atoms with van der Waals surface area (Å²) < 4.78 is 5.90. The molecule has 0 unspecified atom stereocenters. The first kappa shape index (κ1) is 12.7. The van der Waals surface area contributed by atoms with E-state index in [1.165, 1.54) is 12.8 Å². The topological polar surface area (TPSA) is 29.5 Å². The van der Waals surface area contributed by atoms with Crippen LogP contribution < -0.4 is 4.74 Å². The Morgan fingerprint density at radius 3 is 2.56 bits per heavy atom. The quantitative estimate of drug-likeness (QED) is 0.789. The van der Waals surface area contributed by atoms with Gasteiger partial charge in [-0.1, -0.05) is 44.0 Å². The Hall–Kier alpha value is -1.70. The van der Waals surface area contributed by atoms with E-state index < -0.39 is 0 Å². The zero-order valence-corrected chi connectivity index (χ0v) is 11.1. The molecular formula is C16H20O2. The van der Waals surface area contributed by atoms with Crippen LogP contribution in [-0.4, -0.2) is 11.7 Å². The summed E-state index contributed by atoms with van der Waals surface area (Å²) in [5.74, 6) is 1.23. The van der Waals surface area contributed by atoms with E-state index in [2.05, 4.69) is 6.92 Å². The molecule has 0 saturated carbocycles. The fourth-order valence-corrected chi connectivity index (χ4v) is 2.18. The number of rotatable bonds is 5. The lowest BCUT2D eigenvalue weighted by molar-refractivity contribution is 0.307. The van der Waals surface area contributed by atoms with Crippen molar-refractivity contribution in [1.82, 2.24) is 0 Å².